The van der Waals surface area contributed by atoms with E-state index >= 15 is 0 Å². The summed E-state index contributed by atoms with van der Waals surface area (Å²) in [5.74, 6) is 0.141. The molecule has 1 atom stereocenters. The average Bonchev–Trinajstić information content (AvgIpc) is 2.72. The number of pyridine rings is 1. The second kappa shape index (κ2) is 11.6. The van der Waals surface area contributed by atoms with E-state index in [-0.39, 0.29) is 18.6 Å². The van der Waals surface area contributed by atoms with Crippen molar-refractivity contribution in [3.05, 3.63) is 47.1 Å². The standard InChI is InChI=1S/C21H27ClN2O4/c1-3-4-5-18(14-25)24-20(26)16-12-19(15-6-8-17(22)9-7-15)21(23-13-16)28-11-10-27-2/h6-9,12-13,18,25H,3-5,10-11,14H2,1-2H3,(H,24,26)/t18-/m1/s1. The van der Waals surface area contributed by atoms with Crippen LogP contribution < -0.4 is 10.1 Å². The Kier molecular flexibility index (Phi) is 9.20. The Hall–Kier alpha value is -2.15. The number of unbranched alkanes of at least 4 members (excludes halogenated alkanes) is 1. The van der Waals surface area contributed by atoms with E-state index in [1.54, 1.807) is 25.3 Å². The van der Waals surface area contributed by atoms with Gasteiger partial charge in [0.25, 0.3) is 5.91 Å². The molecule has 0 saturated carbocycles. The van der Waals surface area contributed by atoms with Crippen molar-refractivity contribution in [3.63, 3.8) is 0 Å². The maximum atomic E-state index is 12.6. The molecule has 6 nitrogen and oxygen atoms in total. The van der Waals surface area contributed by atoms with E-state index in [9.17, 15) is 9.90 Å². The van der Waals surface area contributed by atoms with Gasteiger partial charge in [-0.25, -0.2) is 4.98 Å². The molecule has 28 heavy (non-hydrogen) atoms. The second-order valence-electron chi connectivity index (χ2n) is 6.42. The van der Waals surface area contributed by atoms with Gasteiger partial charge in [0.1, 0.15) is 6.61 Å². The van der Waals surface area contributed by atoms with Gasteiger partial charge in [0.15, 0.2) is 0 Å². The van der Waals surface area contributed by atoms with Crippen LogP contribution in [0.1, 0.15) is 36.5 Å². The maximum Gasteiger partial charge on any atom is 0.253 e. The van der Waals surface area contributed by atoms with Crippen LogP contribution in [-0.4, -0.2) is 49.0 Å². The van der Waals surface area contributed by atoms with Gasteiger partial charge in [-0.3, -0.25) is 4.79 Å². The zero-order valence-corrected chi connectivity index (χ0v) is 17.0. The average molecular weight is 407 g/mol. The second-order valence-corrected chi connectivity index (χ2v) is 6.86. The molecular formula is C21H27ClN2O4. The van der Waals surface area contributed by atoms with Gasteiger partial charge in [-0.1, -0.05) is 43.5 Å². The third kappa shape index (κ3) is 6.48. The third-order valence-electron chi connectivity index (χ3n) is 4.26. The first-order valence-electron chi connectivity index (χ1n) is 9.38. The van der Waals surface area contributed by atoms with Crippen molar-refractivity contribution < 1.29 is 19.4 Å². The number of hydrogen-bond acceptors (Lipinski definition) is 5. The molecule has 2 N–H and O–H groups in total. The summed E-state index contributed by atoms with van der Waals surface area (Å²) >= 11 is 5.99. The molecule has 1 amide bonds. The molecule has 0 fully saturated rings. The molecule has 0 spiro atoms. The number of aliphatic hydroxyl groups excluding tert-OH is 1. The third-order valence-corrected chi connectivity index (χ3v) is 4.51. The van der Waals surface area contributed by atoms with E-state index < -0.39 is 0 Å². The predicted molar refractivity (Wildman–Crippen MR) is 110 cm³/mol. The molecule has 0 saturated heterocycles. The van der Waals surface area contributed by atoms with Gasteiger partial charge in [-0.15, -0.1) is 0 Å². The Morgan fingerprint density at radius 3 is 2.68 bits per heavy atom. The zero-order chi connectivity index (χ0) is 20.4. The normalized spacial score (nSPS) is 11.9. The summed E-state index contributed by atoms with van der Waals surface area (Å²) in [5.41, 5.74) is 1.93. The number of halogens is 1. The minimum absolute atomic E-state index is 0.0958. The predicted octanol–water partition coefficient (Wildman–Crippen LogP) is 3.71. The molecule has 0 aliphatic rings. The highest BCUT2D eigenvalue weighted by atomic mass is 35.5. The molecule has 1 heterocycles. The van der Waals surface area contributed by atoms with Crippen LogP contribution in [0.2, 0.25) is 5.02 Å². The number of carbonyl (C=O) groups excluding carboxylic acids is 1. The van der Waals surface area contributed by atoms with Gasteiger partial charge in [-0.05, 0) is 30.2 Å². The van der Waals surface area contributed by atoms with Crippen LogP contribution in [0.25, 0.3) is 11.1 Å². The van der Waals surface area contributed by atoms with Gasteiger partial charge in [-0.2, -0.15) is 0 Å². The molecule has 152 valence electrons. The van der Waals surface area contributed by atoms with E-state index in [1.165, 1.54) is 6.20 Å². The van der Waals surface area contributed by atoms with Crippen molar-refractivity contribution in [3.8, 4) is 17.0 Å². The van der Waals surface area contributed by atoms with Crippen LogP contribution >= 0.6 is 11.6 Å². The maximum absolute atomic E-state index is 12.6. The van der Waals surface area contributed by atoms with Gasteiger partial charge >= 0.3 is 0 Å². The van der Waals surface area contributed by atoms with Crippen molar-refractivity contribution >= 4 is 17.5 Å². The van der Waals surface area contributed by atoms with Crippen LogP contribution in [0.4, 0.5) is 0 Å². The lowest BCUT2D eigenvalue weighted by molar-refractivity contribution is 0.0911. The molecule has 0 bridgehead atoms. The number of ether oxygens (including phenoxy) is 2. The Morgan fingerprint density at radius 2 is 2.04 bits per heavy atom. The lowest BCUT2D eigenvalue weighted by Crippen LogP contribution is -2.37. The van der Waals surface area contributed by atoms with E-state index in [2.05, 4.69) is 17.2 Å². The highest BCUT2D eigenvalue weighted by Gasteiger charge is 2.17. The summed E-state index contributed by atoms with van der Waals surface area (Å²) in [6, 6.07) is 8.71. The molecule has 7 heteroatoms. The highest BCUT2D eigenvalue weighted by molar-refractivity contribution is 6.30. The van der Waals surface area contributed by atoms with Crippen molar-refractivity contribution in [1.29, 1.82) is 0 Å². The lowest BCUT2D eigenvalue weighted by Gasteiger charge is -2.17. The quantitative estimate of drug-likeness (QED) is 0.556. The molecule has 1 aromatic carbocycles. The monoisotopic (exact) mass is 406 g/mol. The number of benzene rings is 1. The molecule has 2 rings (SSSR count). The molecular weight excluding hydrogens is 380 g/mol. The first-order valence-corrected chi connectivity index (χ1v) is 9.76. The Balaban J connectivity index is 2.27. The van der Waals surface area contributed by atoms with Crippen LogP contribution in [0.15, 0.2) is 36.5 Å². The number of methoxy groups -OCH3 is 1. The van der Waals surface area contributed by atoms with Crippen molar-refractivity contribution in [2.24, 2.45) is 0 Å². The van der Waals surface area contributed by atoms with Crippen molar-refractivity contribution in [1.82, 2.24) is 10.3 Å². The number of nitrogens with zero attached hydrogens (tertiary/aromatic N) is 1. The number of hydrogen-bond donors (Lipinski definition) is 2. The van der Waals surface area contributed by atoms with Crippen molar-refractivity contribution in [2.75, 3.05) is 26.9 Å². The summed E-state index contributed by atoms with van der Waals surface area (Å²) in [7, 11) is 1.60. The Morgan fingerprint density at radius 1 is 1.29 bits per heavy atom. The Bertz CT molecular complexity index is 753. The molecule has 2 aromatic rings. The van der Waals surface area contributed by atoms with E-state index in [4.69, 9.17) is 21.1 Å². The molecule has 0 aliphatic heterocycles. The van der Waals surface area contributed by atoms with Gasteiger partial charge in [0.05, 0.1) is 24.8 Å². The summed E-state index contributed by atoms with van der Waals surface area (Å²) in [4.78, 5) is 17.0. The SMILES string of the molecule is CCCC[C@H](CO)NC(=O)c1cnc(OCCOC)c(-c2ccc(Cl)cc2)c1. The van der Waals surface area contributed by atoms with Crippen LogP contribution in [-0.2, 0) is 4.74 Å². The molecule has 1 aromatic heterocycles. The minimum atomic E-state index is -0.277. The fourth-order valence-electron chi connectivity index (χ4n) is 2.68. The molecule has 0 aliphatic carbocycles. The zero-order valence-electron chi connectivity index (χ0n) is 16.3. The first-order chi connectivity index (χ1) is 13.6. The summed E-state index contributed by atoms with van der Waals surface area (Å²) in [6.45, 7) is 2.75. The fourth-order valence-corrected chi connectivity index (χ4v) is 2.80. The van der Waals surface area contributed by atoms with Crippen LogP contribution in [0.3, 0.4) is 0 Å². The summed E-state index contributed by atoms with van der Waals surface area (Å²) in [6.07, 6.45) is 4.15. The number of aliphatic hydroxyl groups is 1. The van der Waals surface area contributed by atoms with Gasteiger partial charge in [0.2, 0.25) is 5.88 Å². The van der Waals surface area contributed by atoms with Gasteiger partial charge in [0, 0.05) is 23.9 Å². The fraction of sp³-hybridized carbons (Fsp3) is 0.429. The van der Waals surface area contributed by atoms with E-state index in [0.29, 0.717) is 35.2 Å². The topological polar surface area (TPSA) is 80.7 Å². The minimum Gasteiger partial charge on any atom is -0.475 e. The Labute approximate surface area is 170 Å². The molecule has 0 unspecified atom stereocenters. The lowest BCUT2D eigenvalue weighted by atomic mass is 10.0. The molecule has 0 radical (unpaired) electrons. The summed E-state index contributed by atoms with van der Waals surface area (Å²) in [5, 5.41) is 13.0. The van der Waals surface area contributed by atoms with Crippen molar-refractivity contribution in [2.45, 2.75) is 32.2 Å². The van der Waals surface area contributed by atoms with E-state index in [0.717, 1.165) is 24.8 Å². The number of aromatic nitrogens is 1. The summed E-state index contributed by atoms with van der Waals surface area (Å²) < 4.78 is 10.7. The van der Waals surface area contributed by atoms with Gasteiger partial charge < -0.3 is 19.9 Å². The van der Waals surface area contributed by atoms with E-state index in [1.807, 2.05) is 12.1 Å². The largest absolute Gasteiger partial charge is 0.475 e. The highest BCUT2D eigenvalue weighted by Crippen LogP contribution is 2.30. The number of rotatable bonds is 11. The first kappa shape index (κ1) is 22.1. The van der Waals surface area contributed by atoms with Crippen LogP contribution in [0.5, 0.6) is 5.88 Å². The number of nitrogens with one attached hydrogen (secondary N) is 1. The van der Waals surface area contributed by atoms with Crippen LogP contribution in [0, 0.1) is 0 Å². The number of amides is 1. The number of carbonyl (C=O) groups is 1. The smallest absolute Gasteiger partial charge is 0.253 e.